The Morgan fingerprint density at radius 3 is 2.88 bits per heavy atom. The maximum Gasteiger partial charge on any atom is 0.264 e. The van der Waals surface area contributed by atoms with Gasteiger partial charge in [0.05, 0.1) is 0 Å². The lowest BCUT2D eigenvalue weighted by atomic mass is 9.92. The van der Waals surface area contributed by atoms with Crippen LogP contribution in [0.3, 0.4) is 0 Å². The third-order valence-corrected chi connectivity index (χ3v) is 6.28. The van der Waals surface area contributed by atoms with Crippen molar-refractivity contribution in [3.63, 3.8) is 0 Å². The first-order valence-electron chi connectivity index (χ1n) is 9.49. The summed E-state index contributed by atoms with van der Waals surface area (Å²) in [5, 5.41) is 6.90. The molecule has 1 saturated heterocycles. The smallest absolute Gasteiger partial charge is 0.264 e. The first-order chi connectivity index (χ1) is 12.8. The molecular formula is C20H25N3O2S. The van der Waals surface area contributed by atoms with Gasteiger partial charge in [-0.2, -0.15) is 0 Å². The fourth-order valence-electron chi connectivity index (χ4n) is 3.74. The quantitative estimate of drug-likeness (QED) is 0.844. The Hall–Kier alpha value is -1.92. The summed E-state index contributed by atoms with van der Waals surface area (Å²) < 4.78 is 5.69. The highest BCUT2D eigenvalue weighted by atomic mass is 32.1. The number of nitrogens with one attached hydrogen (secondary N) is 2. The molecule has 0 unspecified atom stereocenters. The van der Waals surface area contributed by atoms with Crippen molar-refractivity contribution in [1.82, 2.24) is 10.3 Å². The van der Waals surface area contributed by atoms with Crippen molar-refractivity contribution in [2.75, 3.05) is 25.0 Å². The number of thiazole rings is 1. The Kier molecular flexibility index (Phi) is 5.51. The molecule has 0 saturated carbocycles. The highest BCUT2D eigenvalue weighted by Crippen LogP contribution is 2.31. The zero-order chi connectivity index (χ0) is 17.8. The topological polar surface area (TPSA) is 63.2 Å². The minimum absolute atomic E-state index is 0.0149. The van der Waals surface area contributed by atoms with Crippen LogP contribution in [0.15, 0.2) is 24.4 Å². The molecule has 1 amide bonds. The Balaban J connectivity index is 1.29. The maximum absolute atomic E-state index is 12.2. The molecule has 6 heteroatoms. The van der Waals surface area contributed by atoms with Gasteiger partial charge in [-0.25, -0.2) is 4.98 Å². The van der Waals surface area contributed by atoms with Gasteiger partial charge >= 0.3 is 0 Å². The fourth-order valence-corrected chi connectivity index (χ4v) is 4.74. The van der Waals surface area contributed by atoms with Gasteiger partial charge in [-0.3, -0.25) is 10.1 Å². The number of amides is 1. The van der Waals surface area contributed by atoms with Crippen molar-refractivity contribution in [2.45, 2.75) is 44.4 Å². The van der Waals surface area contributed by atoms with Crippen molar-refractivity contribution >= 4 is 22.4 Å². The number of rotatable bonds is 5. The monoisotopic (exact) mass is 371 g/mol. The van der Waals surface area contributed by atoms with Crippen LogP contribution in [0.4, 0.5) is 5.13 Å². The van der Waals surface area contributed by atoms with Gasteiger partial charge in [0.25, 0.3) is 5.91 Å². The number of ether oxygens (including phenoxy) is 1. The lowest BCUT2D eigenvalue weighted by molar-refractivity contribution is -0.118. The average Bonchev–Trinajstić information content (AvgIpc) is 3.15. The Labute approximate surface area is 158 Å². The van der Waals surface area contributed by atoms with E-state index >= 15 is 0 Å². The van der Waals surface area contributed by atoms with Crippen molar-refractivity contribution in [1.29, 1.82) is 0 Å². The number of anilines is 1. The van der Waals surface area contributed by atoms with Crippen LogP contribution in [0.2, 0.25) is 0 Å². The predicted molar refractivity (Wildman–Crippen MR) is 104 cm³/mol. The van der Waals surface area contributed by atoms with E-state index < -0.39 is 0 Å². The number of benzene rings is 1. The van der Waals surface area contributed by atoms with Crippen LogP contribution in [-0.2, 0) is 17.6 Å². The maximum atomic E-state index is 12.2. The number of hydrogen-bond acceptors (Lipinski definition) is 5. The molecule has 138 valence electrons. The summed E-state index contributed by atoms with van der Waals surface area (Å²) >= 11 is 1.58. The number of carbonyl (C=O) groups is 1. The van der Waals surface area contributed by atoms with Crippen LogP contribution in [0.25, 0.3) is 0 Å². The summed E-state index contributed by atoms with van der Waals surface area (Å²) in [6, 6.07) is 6.18. The van der Waals surface area contributed by atoms with E-state index in [4.69, 9.17) is 4.74 Å². The van der Waals surface area contributed by atoms with E-state index in [2.05, 4.69) is 27.8 Å². The molecule has 26 heavy (non-hydrogen) atoms. The summed E-state index contributed by atoms with van der Waals surface area (Å²) in [5.74, 6) is 1.18. The molecule has 0 bridgehead atoms. The molecule has 1 aliphatic heterocycles. The molecule has 1 aromatic heterocycles. The molecule has 5 nitrogen and oxygen atoms in total. The normalized spacial score (nSPS) is 17.5. The van der Waals surface area contributed by atoms with E-state index in [1.54, 1.807) is 11.3 Å². The van der Waals surface area contributed by atoms with Crippen LogP contribution in [0.1, 0.15) is 47.6 Å². The van der Waals surface area contributed by atoms with Crippen molar-refractivity contribution < 1.29 is 9.53 Å². The van der Waals surface area contributed by atoms with Crippen molar-refractivity contribution in [2.24, 2.45) is 0 Å². The van der Waals surface area contributed by atoms with Crippen LogP contribution in [-0.4, -0.2) is 30.6 Å². The SMILES string of the molecule is O=C(COc1ccc2c(c1)CCCC2)Nc1ncc(C2CCNCC2)s1. The average molecular weight is 372 g/mol. The van der Waals surface area contributed by atoms with Gasteiger partial charge in [0.15, 0.2) is 11.7 Å². The standard InChI is InChI=1S/C20H25N3O2S/c24-19(13-25-17-6-5-14-3-1-2-4-16(14)11-17)23-20-22-12-18(26-20)15-7-9-21-10-8-15/h5-6,11-12,15,21H,1-4,7-10,13H2,(H,22,23,24). The lowest BCUT2D eigenvalue weighted by Gasteiger charge is -2.20. The number of carbonyl (C=O) groups excluding carboxylic acids is 1. The first kappa shape index (κ1) is 17.5. The van der Waals surface area contributed by atoms with Crippen LogP contribution < -0.4 is 15.4 Å². The molecule has 1 aromatic carbocycles. The van der Waals surface area contributed by atoms with E-state index in [0.29, 0.717) is 11.0 Å². The van der Waals surface area contributed by atoms with Crippen LogP contribution in [0, 0.1) is 0 Å². The van der Waals surface area contributed by atoms with Gasteiger partial charge in [0.1, 0.15) is 5.75 Å². The molecule has 1 fully saturated rings. The summed E-state index contributed by atoms with van der Waals surface area (Å²) in [6.07, 6.45) is 8.94. The lowest BCUT2D eigenvalue weighted by Crippen LogP contribution is -2.26. The number of hydrogen-bond donors (Lipinski definition) is 2. The van der Waals surface area contributed by atoms with Crippen molar-refractivity contribution in [3.05, 3.63) is 40.4 Å². The number of nitrogens with zero attached hydrogens (tertiary/aromatic N) is 1. The zero-order valence-corrected chi connectivity index (χ0v) is 15.7. The summed E-state index contributed by atoms with van der Waals surface area (Å²) in [6.45, 7) is 2.12. The van der Waals surface area contributed by atoms with E-state index in [9.17, 15) is 4.79 Å². The van der Waals surface area contributed by atoms with E-state index in [1.807, 2.05) is 12.3 Å². The molecular weight excluding hydrogens is 346 g/mol. The fraction of sp³-hybridized carbons (Fsp3) is 0.500. The Morgan fingerprint density at radius 1 is 1.23 bits per heavy atom. The zero-order valence-electron chi connectivity index (χ0n) is 14.9. The second-order valence-corrected chi connectivity index (χ2v) is 8.13. The van der Waals surface area contributed by atoms with Gasteiger partial charge in [-0.15, -0.1) is 11.3 Å². The van der Waals surface area contributed by atoms with Gasteiger partial charge in [-0.1, -0.05) is 6.07 Å². The van der Waals surface area contributed by atoms with Gasteiger partial charge in [0, 0.05) is 11.1 Å². The second-order valence-electron chi connectivity index (χ2n) is 7.07. The summed E-state index contributed by atoms with van der Waals surface area (Å²) in [5.41, 5.74) is 2.78. The Bertz CT molecular complexity index is 768. The van der Waals surface area contributed by atoms with E-state index in [-0.39, 0.29) is 12.5 Å². The third-order valence-electron chi connectivity index (χ3n) is 5.20. The van der Waals surface area contributed by atoms with Gasteiger partial charge < -0.3 is 10.1 Å². The largest absolute Gasteiger partial charge is 0.484 e. The molecule has 2 aromatic rings. The molecule has 4 rings (SSSR count). The van der Waals surface area contributed by atoms with Crippen LogP contribution >= 0.6 is 11.3 Å². The molecule has 2 heterocycles. The first-order valence-corrected chi connectivity index (χ1v) is 10.3. The molecule has 2 N–H and O–H groups in total. The molecule has 2 aliphatic rings. The minimum atomic E-state index is -0.158. The molecule has 0 atom stereocenters. The number of aromatic nitrogens is 1. The van der Waals surface area contributed by atoms with Crippen LogP contribution in [0.5, 0.6) is 5.75 Å². The summed E-state index contributed by atoms with van der Waals surface area (Å²) in [4.78, 5) is 17.8. The third kappa shape index (κ3) is 4.24. The van der Waals surface area contributed by atoms with Gasteiger partial charge in [-0.05, 0) is 80.8 Å². The highest BCUT2D eigenvalue weighted by molar-refractivity contribution is 7.15. The second kappa shape index (κ2) is 8.18. The van der Waals surface area contributed by atoms with E-state index in [0.717, 1.165) is 44.5 Å². The number of piperidine rings is 1. The number of fused-ring (bicyclic) bond motifs is 1. The van der Waals surface area contributed by atoms with Gasteiger partial charge in [0.2, 0.25) is 0 Å². The molecule has 0 radical (unpaired) electrons. The highest BCUT2D eigenvalue weighted by Gasteiger charge is 2.18. The molecule has 0 spiro atoms. The molecule has 1 aliphatic carbocycles. The van der Waals surface area contributed by atoms with E-state index in [1.165, 1.54) is 28.8 Å². The number of aryl methyl sites for hydroxylation is 2. The van der Waals surface area contributed by atoms with Crippen molar-refractivity contribution in [3.8, 4) is 5.75 Å². The predicted octanol–water partition coefficient (Wildman–Crippen LogP) is 3.51. The Morgan fingerprint density at radius 2 is 2.04 bits per heavy atom. The minimum Gasteiger partial charge on any atom is -0.484 e. The summed E-state index contributed by atoms with van der Waals surface area (Å²) in [7, 11) is 0.